The molecular weight excluding hydrogens is 282 g/mol. The van der Waals surface area contributed by atoms with Gasteiger partial charge in [-0.3, -0.25) is 4.79 Å². The van der Waals surface area contributed by atoms with Crippen LogP contribution in [0.3, 0.4) is 0 Å². The van der Waals surface area contributed by atoms with Gasteiger partial charge in [-0.05, 0) is 19.1 Å². The van der Waals surface area contributed by atoms with Crippen molar-refractivity contribution in [1.82, 2.24) is 0 Å². The maximum absolute atomic E-state index is 10.6. The number of carbonyl (C=O) groups is 1. The van der Waals surface area contributed by atoms with Crippen LogP contribution in [0.1, 0.15) is 12.0 Å². The summed E-state index contributed by atoms with van der Waals surface area (Å²) in [5.41, 5.74) is 2.20. The minimum absolute atomic E-state index is 0.119. The van der Waals surface area contributed by atoms with Crippen molar-refractivity contribution in [2.75, 3.05) is 18.0 Å². The van der Waals surface area contributed by atoms with Crippen LogP contribution in [0.15, 0.2) is 35.3 Å². The molecule has 3 nitrogen and oxygen atoms in total. The predicted octanol–water partition coefficient (Wildman–Crippen LogP) is 3.18. The highest BCUT2D eigenvalue weighted by Gasteiger charge is 2.09. The maximum Gasteiger partial charge on any atom is 0.305 e. The number of aliphatic carboxylic acids is 1. The Morgan fingerprint density at radius 2 is 2.00 bits per heavy atom. The predicted molar refractivity (Wildman–Crippen MR) is 73.7 cm³/mol. The van der Waals surface area contributed by atoms with E-state index < -0.39 is 5.97 Å². The molecule has 0 aliphatic heterocycles. The molecule has 0 bridgehead atoms. The van der Waals surface area contributed by atoms with Gasteiger partial charge < -0.3 is 10.0 Å². The zero-order valence-corrected chi connectivity index (χ0v) is 11.4. The summed E-state index contributed by atoms with van der Waals surface area (Å²) in [6.07, 6.45) is 0.119. The van der Waals surface area contributed by atoms with Crippen LogP contribution in [0.25, 0.3) is 0 Å². The molecule has 92 valence electrons. The normalized spacial score (nSPS) is 10.0. The first-order valence-corrected chi connectivity index (χ1v) is 6.15. The van der Waals surface area contributed by atoms with Crippen LogP contribution >= 0.6 is 15.9 Å². The maximum atomic E-state index is 10.6. The summed E-state index contributed by atoms with van der Waals surface area (Å²) in [5.74, 6) is -0.790. The van der Waals surface area contributed by atoms with E-state index in [0.29, 0.717) is 13.1 Å². The quantitative estimate of drug-likeness (QED) is 0.877. The van der Waals surface area contributed by atoms with Gasteiger partial charge in [0.2, 0.25) is 0 Å². The molecule has 1 rings (SSSR count). The molecule has 0 saturated heterocycles. The standard InChI is InChI=1S/C13H16BrNO2/c1-10-3-5-12(6-4-10)15(9-11(2)14)8-7-13(16)17/h3-6H,2,7-9H2,1H3,(H,16,17). The van der Waals surface area contributed by atoms with Gasteiger partial charge in [-0.15, -0.1) is 0 Å². The van der Waals surface area contributed by atoms with Gasteiger partial charge in [0.15, 0.2) is 0 Å². The summed E-state index contributed by atoms with van der Waals surface area (Å²) in [4.78, 5) is 12.6. The Balaban J connectivity index is 2.77. The van der Waals surface area contributed by atoms with E-state index in [1.807, 2.05) is 36.1 Å². The number of carboxylic acids is 1. The molecule has 1 N–H and O–H groups in total. The average Bonchev–Trinajstić information content (AvgIpc) is 2.25. The molecular formula is C13H16BrNO2. The molecule has 0 unspecified atom stereocenters. The molecule has 0 spiro atoms. The third-order valence-electron chi connectivity index (χ3n) is 2.36. The summed E-state index contributed by atoms with van der Waals surface area (Å²) in [6.45, 7) is 6.90. The second-order valence-electron chi connectivity index (χ2n) is 3.92. The number of rotatable bonds is 6. The highest BCUT2D eigenvalue weighted by Crippen LogP contribution is 2.18. The Kier molecular flexibility index (Phi) is 5.22. The molecule has 0 heterocycles. The van der Waals surface area contributed by atoms with E-state index >= 15 is 0 Å². The number of carboxylic acid groups (broad SMARTS) is 1. The lowest BCUT2D eigenvalue weighted by Gasteiger charge is -2.24. The number of benzene rings is 1. The van der Waals surface area contributed by atoms with Gasteiger partial charge in [0, 0.05) is 23.3 Å². The smallest absolute Gasteiger partial charge is 0.305 e. The molecule has 0 aliphatic carbocycles. The van der Waals surface area contributed by atoms with Gasteiger partial charge in [-0.2, -0.15) is 0 Å². The van der Waals surface area contributed by atoms with Crippen molar-refractivity contribution in [2.24, 2.45) is 0 Å². The van der Waals surface area contributed by atoms with E-state index in [9.17, 15) is 4.79 Å². The highest BCUT2D eigenvalue weighted by molar-refractivity contribution is 9.11. The SMILES string of the molecule is C=C(Br)CN(CCC(=O)O)c1ccc(C)cc1. The van der Waals surface area contributed by atoms with Gasteiger partial charge in [0.05, 0.1) is 6.42 Å². The second kappa shape index (κ2) is 6.45. The van der Waals surface area contributed by atoms with Gasteiger partial charge in [0.25, 0.3) is 0 Å². The van der Waals surface area contributed by atoms with Gasteiger partial charge in [0.1, 0.15) is 0 Å². The molecule has 0 aromatic heterocycles. The number of nitrogens with zero attached hydrogens (tertiary/aromatic N) is 1. The minimum atomic E-state index is -0.790. The first-order valence-electron chi connectivity index (χ1n) is 5.35. The second-order valence-corrected chi connectivity index (χ2v) is 5.04. The lowest BCUT2D eigenvalue weighted by atomic mass is 10.2. The van der Waals surface area contributed by atoms with Gasteiger partial charge in [-0.25, -0.2) is 0 Å². The number of anilines is 1. The van der Waals surface area contributed by atoms with E-state index in [0.717, 1.165) is 10.2 Å². The Bertz CT molecular complexity index is 400. The van der Waals surface area contributed by atoms with Crippen LogP contribution in [0.5, 0.6) is 0 Å². The largest absolute Gasteiger partial charge is 0.481 e. The Hall–Kier alpha value is -1.29. The third kappa shape index (κ3) is 5.04. The van der Waals surface area contributed by atoms with E-state index in [4.69, 9.17) is 5.11 Å². The Morgan fingerprint density at radius 1 is 1.41 bits per heavy atom. The fourth-order valence-corrected chi connectivity index (χ4v) is 1.80. The van der Waals surface area contributed by atoms with Crippen LogP contribution in [0.4, 0.5) is 5.69 Å². The monoisotopic (exact) mass is 297 g/mol. The fraction of sp³-hybridized carbons (Fsp3) is 0.308. The molecule has 0 saturated carbocycles. The third-order valence-corrected chi connectivity index (χ3v) is 2.61. The number of hydrogen-bond acceptors (Lipinski definition) is 2. The molecule has 1 aromatic rings. The van der Waals surface area contributed by atoms with Crippen LogP contribution in [0.2, 0.25) is 0 Å². The fourth-order valence-electron chi connectivity index (χ4n) is 1.49. The number of aryl methyl sites for hydroxylation is 1. The highest BCUT2D eigenvalue weighted by atomic mass is 79.9. The molecule has 4 heteroatoms. The molecule has 0 atom stereocenters. The first-order chi connectivity index (χ1) is 7.99. The molecule has 0 radical (unpaired) electrons. The average molecular weight is 298 g/mol. The zero-order valence-electron chi connectivity index (χ0n) is 9.82. The van der Waals surface area contributed by atoms with Crippen molar-refractivity contribution in [3.63, 3.8) is 0 Å². The Morgan fingerprint density at radius 3 is 2.47 bits per heavy atom. The minimum Gasteiger partial charge on any atom is -0.481 e. The summed E-state index contributed by atoms with van der Waals surface area (Å²) in [7, 11) is 0. The first kappa shape index (κ1) is 13.8. The summed E-state index contributed by atoms with van der Waals surface area (Å²) in [6, 6.07) is 8.01. The van der Waals surface area contributed by atoms with Crippen molar-refractivity contribution in [3.8, 4) is 0 Å². The Labute approximate surface area is 110 Å². The van der Waals surface area contributed by atoms with Crippen LogP contribution < -0.4 is 4.90 Å². The molecule has 17 heavy (non-hydrogen) atoms. The van der Waals surface area contributed by atoms with Crippen LogP contribution in [-0.4, -0.2) is 24.2 Å². The number of halogens is 1. The van der Waals surface area contributed by atoms with Crippen molar-refractivity contribution in [1.29, 1.82) is 0 Å². The molecule has 0 fully saturated rings. The lowest BCUT2D eigenvalue weighted by Crippen LogP contribution is -2.27. The summed E-state index contributed by atoms with van der Waals surface area (Å²) < 4.78 is 0.837. The summed E-state index contributed by atoms with van der Waals surface area (Å²) in [5, 5.41) is 8.73. The van der Waals surface area contributed by atoms with Crippen molar-refractivity contribution < 1.29 is 9.90 Å². The zero-order chi connectivity index (χ0) is 12.8. The number of hydrogen-bond donors (Lipinski definition) is 1. The van der Waals surface area contributed by atoms with Crippen LogP contribution in [-0.2, 0) is 4.79 Å². The molecule has 1 aromatic carbocycles. The van der Waals surface area contributed by atoms with E-state index in [1.165, 1.54) is 5.56 Å². The van der Waals surface area contributed by atoms with Gasteiger partial charge in [-0.1, -0.05) is 40.2 Å². The van der Waals surface area contributed by atoms with Crippen molar-refractivity contribution in [3.05, 3.63) is 40.9 Å². The summed E-state index contributed by atoms with van der Waals surface area (Å²) >= 11 is 3.31. The van der Waals surface area contributed by atoms with E-state index in [-0.39, 0.29) is 6.42 Å². The van der Waals surface area contributed by atoms with Crippen LogP contribution in [0, 0.1) is 6.92 Å². The molecule has 0 aliphatic rings. The van der Waals surface area contributed by atoms with Crippen molar-refractivity contribution >= 4 is 27.6 Å². The van der Waals surface area contributed by atoms with Gasteiger partial charge >= 0.3 is 5.97 Å². The van der Waals surface area contributed by atoms with E-state index in [1.54, 1.807) is 0 Å². The van der Waals surface area contributed by atoms with E-state index in [2.05, 4.69) is 22.5 Å². The topological polar surface area (TPSA) is 40.5 Å². The molecule has 0 amide bonds. The van der Waals surface area contributed by atoms with Crippen molar-refractivity contribution in [2.45, 2.75) is 13.3 Å². The lowest BCUT2D eigenvalue weighted by molar-refractivity contribution is -0.136.